The first-order valence-electron chi connectivity index (χ1n) is 5.62. The van der Waals surface area contributed by atoms with Crippen molar-refractivity contribution in [3.8, 4) is 5.75 Å². The zero-order chi connectivity index (χ0) is 11.1. The van der Waals surface area contributed by atoms with Gasteiger partial charge in [0, 0.05) is 24.9 Å². The topological polar surface area (TPSA) is 50.1 Å². The molecule has 2 aromatic rings. The summed E-state index contributed by atoms with van der Waals surface area (Å²) in [5, 5.41) is 18.6. The standard InChI is InChI=1S/C12H15N3O/c1-15-11-3-2-9(16)6-10(11)12(14-15)8-4-5-13-7-8/h2-3,6,8,13,16H,4-5,7H2,1H3. The van der Waals surface area contributed by atoms with Gasteiger partial charge in [0.15, 0.2) is 0 Å². The van der Waals surface area contributed by atoms with E-state index in [0.717, 1.165) is 36.1 Å². The number of nitrogens with zero attached hydrogens (tertiary/aromatic N) is 2. The maximum atomic E-state index is 9.55. The minimum atomic E-state index is 0.313. The summed E-state index contributed by atoms with van der Waals surface area (Å²) in [7, 11) is 1.95. The third-order valence-electron chi connectivity index (χ3n) is 3.31. The molecular formula is C12H15N3O. The zero-order valence-corrected chi connectivity index (χ0v) is 9.27. The second-order valence-electron chi connectivity index (χ2n) is 4.40. The van der Waals surface area contributed by atoms with Gasteiger partial charge >= 0.3 is 0 Å². The number of rotatable bonds is 1. The van der Waals surface area contributed by atoms with E-state index in [9.17, 15) is 5.11 Å². The molecule has 3 rings (SSSR count). The largest absolute Gasteiger partial charge is 0.508 e. The fourth-order valence-corrected chi connectivity index (χ4v) is 2.47. The van der Waals surface area contributed by atoms with Gasteiger partial charge in [0.1, 0.15) is 5.75 Å². The number of fused-ring (bicyclic) bond motifs is 1. The molecule has 1 aliphatic rings. The molecule has 4 heteroatoms. The Labute approximate surface area is 93.9 Å². The first-order valence-corrected chi connectivity index (χ1v) is 5.62. The molecule has 1 unspecified atom stereocenters. The van der Waals surface area contributed by atoms with Gasteiger partial charge in [-0.15, -0.1) is 0 Å². The van der Waals surface area contributed by atoms with E-state index in [1.165, 1.54) is 0 Å². The summed E-state index contributed by atoms with van der Waals surface area (Å²) in [4.78, 5) is 0. The highest BCUT2D eigenvalue weighted by Gasteiger charge is 2.22. The van der Waals surface area contributed by atoms with Gasteiger partial charge in [-0.2, -0.15) is 5.10 Å². The Morgan fingerprint density at radius 2 is 2.38 bits per heavy atom. The summed E-state index contributed by atoms with van der Waals surface area (Å²) in [5.74, 6) is 0.790. The number of aromatic nitrogens is 2. The Balaban J connectivity index is 2.19. The Hall–Kier alpha value is -1.55. The van der Waals surface area contributed by atoms with Gasteiger partial charge in [0.05, 0.1) is 11.2 Å². The molecule has 16 heavy (non-hydrogen) atoms. The summed E-state index contributed by atoms with van der Waals surface area (Å²) in [6.45, 7) is 2.04. The van der Waals surface area contributed by atoms with Gasteiger partial charge < -0.3 is 10.4 Å². The van der Waals surface area contributed by atoms with E-state index in [-0.39, 0.29) is 0 Å². The number of benzene rings is 1. The minimum Gasteiger partial charge on any atom is -0.508 e. The fraction of sp³-hybridized carbons (Fsp3) is 0.417. The summed E-state index contributed by atoms with van der Waals surface area (Å²) < 4.78 is 1.89. The highest BCUT2D eigenvalue weighted by molar-refractivity contribution is 5.84. The average molecular weight is 217 g/mol. The average Bonchev–Trinajstić information content (AvgIpc) is 2.86. The molecule has 1 aromatic heterocycles. The van der Waals surface area contributed by atoms with Crippen LogP contribution in [0.3, 0.4) is 0 Å². The second-order valence-corrected chi connectivity index (χ2v) is 4.40. The van der Waals surface area contributed by atoms with Gasteiger partial charge in [-0.3, -0.25) is 4.68 Å². The number of aromatic hydroxyl groups is 1. The van der Waals surface area contributed by atoms with Crippen molar-refractivity contribution < 1.29 is 5.11 Å². The maximum absolute atomic E-state index is 9.55. The molecule has 1 fully saturated rings. The lowest BCUT2D eigenvalue weighted by atomic mass is 10.0. The lowest BCUT2D eigenvalue weighted by molar-refractivity contribution is 0.476. The highest BCUT2D eigenvalue weighted by Crippen LogP contribution is 2.30. The monoisotopic (exact) mass is 217 g/mol. The summed E-state index contributed by atoms with van der Waals surface area (Å²) >= 11 is 0. The molecule has 2 N–H and O–H groups in total. The van der Waals surface area contributed by atoms with Gasteiger partial charge in [0.2, 0.25) is 0 Å². The summed E-state index contributed by atoms with van der Waals surface area (Å²) in [6, 6.07) is 5.44. The van der Waals surface area contributed by atoms with Crippen molar-refractivity contribution in [2.75, 3.05) is 13.1 Å². The van der Waals surface area contributed by atoms with Crippen molar-refractivity contribution in [2.24, 2.45) is 7.05 Å². The van der Waals surface area contributed by atoms with Crippen LogP contribution < -0.4 is 5.32 Å². The number of hydrogen-bond donors (Lipinski definition) is 2. The van der Waals surface area contributed by atoms with Crippen LogP contribution >= 0.6 is 0 Å². The fourth-order valence-electron chi connectivity index (χ4n) is 2.47. The van der Waals surface area contributed by atoms with Gasteiger partial charge in [-0.05, 0) is 31.2 Å². The van der Waals surface area contributed by atoms with Crippen molar-refractivity contribution >= 4 is 10.9 Å². The van der Waals surface area contributed by atoms with E-state index in [1.54, 1.807) is 6.07 Å². The van der Waals surface area contributed by atoms with E-state index in [0.29, 0.717) is 11.7 Å². The molecule has 84 valence electrons. The molecule has 1 saturated heterocycles. The Bertz CT molecular complexity index is 526. The van der Waals surface area contributed by atoms with Crippen LogP contribution in [0.2, 0.25) is 0 Å². The third-order valence-corrected chi connectivity index (χ3v) is 3.31. The summed E-state index contributed by atoms with van der Waals surface area (Å²) in [6.07, 6.45) is 1.13. The van der Waals surface area contributed by atoms with Crippen molar-refractivity contribution in [3.05, 3.63) is 23.9 Å². The minimum absolute atomic E-state index is 0.313. The Morgan fingerprint density at radius 3 is 3.12 bits per heavy atom. The van der Waals surface area contributed by atoms with Gasteiger partial charge in [-0.25, -0.2) is 0 Å². The molecule has 0 saturated carbocycles. The Kier molecular flexibility index (Phi) is 2.11. The predicted molar refractivity (Wildman–Crippen MR) is 62.6 cm³/mol. The van der Waals surface area contributed by atoms with E-state index in [4.69, 9.17) is 0 Å². The van der Waals surface area contributed by atoms with Crippen LogP contribution in [0.5, 0.6) is 5.75 Å². The molecule has 4 nitrogen and oxygen atoms in total. The zero-order valence-electron chi connectivity index (χ0n) is 9.27. The van der Waals surface area contributed by atoms with Crippen LogP contribution in [0.1, 0.15) is 18.0 Å². The van der Waals surface area contributed by atoms with Crippen molar-refractivity contribution in [1.29, 1.82) is 0 Å². The van der Waals surface area contributed by atoms with E-state index in [2.05, 4.69) is 10.4 Å². The Morgan fingerprint density at radius 1 is 1.50 bits per heavy atom. The molecule has 1 atom stereocenters. The first-order chi connectivity index (χ1) is 7.75. The van der Waals surface area contributed by atoms with Crippen LogP contribution in [-0.4, -0.2) is 28.0 Å². The molecule has 0 amide bonds. The van der Waals surface area contributed by atoms with Crippen LogP contribution in [0, 0.1) is 0 Å². The maximum Gasteiger partial charge on any atom is 0.116 e. The van der Waals surface area contributed by atoms with Crippen LogP contribution in [0.25, 0.3) is 10.9 Å². The van der Waals surface area contributed by atoms with Crippen molar-refractivity contribution in [1.82, 2.24) is 15.1 Å². The van der Waals surface area contributed by atoms with Gasteiger partial charge in [-0.1, -0.05) is 0 Å². The molecular weight excluding hydrogens is 202 g/mol. The van der Waals surface area contributed by atoms with Crippen LogP contribution in [0.15, 0.2) is 18.2 Å². The molecule has 1 aromatic carbocycles. The smallest absolute Gasteiger partial charge is 0.116 e. The molecule has 2 heterocycles. The van der Waals surface area contributed by atoms with Crippen LogP contribution in [0.4, 0.5) is 0 Å². The molecule has 0 aliphatic carbocycles. The first kappa shape index (κ1) is 9.66. The third kappa shape index (κ3) is 1.38. The normalized spacial score (nSPS) is 20.7. The van der Waals surface area contributed by atoms with E-state index < -0.39 is 0 Å². The van der Waals surface area contributed by atoms with E-state index >= 15 is 0 Å². The molecule has 1 aliphatic heterocycles. The molecule has 0 bridgehead atoms. The number of phenols is 1. The molecule has 0 radical (unpaired) electrons. The number of aryl methyl sites for hydroxylation is 1. The summed E-state index contributed by atoms with van der Waals surface area (Å²) in [5.41, 5.74) is 2.19. The number of phenolic OH excluding ortho intramolecular Hbond substituents is 1. The lowest BCUT2D eigenvalue weighted by Gasteiger charge is -2.04. The van der Waals surface area contributed by atoms with Crippen LogP contribution in [-0.2, 0) is 7.05 Å². The van der Waals surface area contributed by atoms with Crippen molar-refractivity contribution in [2.45, 2.75) is 12.3 Å². The van der Waals surface area contributed by atoms with E-state index in [1.807, 2.05) is 23.9 Å². The van der Waals surface area contributed by atoms with Crippen molar-refractivity contribution in [3.63, 3.8) is 0 Å². The quantitative estimate of drug-likeness (QED) is 0.758. The lowest BCUT2D eigenvalue weighted by Crippen LogP contribution is -2.08. The predicted octanol–water partition coefficient (Wildman–Crippen LogP) is 1.36. The number of hydrogen-bond acceptors (Lipinski definition) is 3. The number of nitrogens with one attached hydrogen (secondary N) is 1. The highest BCUT2D eigenvalue weighted by atomic mass is 16.3. The SMILES string of the molecule is Cn1nc(C2CCNC2)c2cc(O)ccc21. The second kappa shape index (κ2) is 3.49. The van der Waals surface area contributed by atoms with Gasteiger partial charge in [0.25, 0.3) is 0 Å². The molecule has 0 spiro atoms.